The third-order valence-corrected chi connectivity index (χ3v) is 4.72. The lowest BCUT2D eigenvalue weighted by atomic mass is 9.97. The maximum Gasteiger partial charge on any atom is 0.261 e. The molecular formula is C18H19N5O3. The topological polar surface area (TPSA) is 94.1 Å². The fourth-order valence-corrected chi connectivity index (χ4v) is 3.36. The second kappa shape index (κ2) is 6.70. The zero-order valence-corrected chi connectivity index (χ0v) is 14.5. The Bertz CT molecular complexity index is 1010. The molecule has 1 fully saturated rings. The molecule has 0 radical (unpaired) electrons. The number of benzene rings is 1. The number of likely N-dealkylation sites (tertiary alicyclic amines) is 1. The summed E-state index contributed by atoms with van der Waals surface area (Å²) in [6.07, 6.45) is 3.22. The second-order valence-corrected chi connectivity index (χ2v) is 6.55. The molecule has 1 atom stereocenters. The van der Waals surface area contributed by atoms with Crippen LogP contribution in [0.3, 0.4) is 0 Å². The van der Waals surface area contributed by atoms with Gasteiger partial charge in [0.15, 0.2) is 5.82 Å². The molecule has 4 rings (SSSR count). The highest BCUT2D eigenvalue weighted by Crippen LogP contribution is 2.25. The fourth-order valence-electron chi connectivity index (χ4n) is 3.36. The summed E-state index contributed by atoms with van der Waals surface area (Å²) in [5, 5.41) is 4.49. The number of aromatic nitrogens is 4. The van der Waals surface area contributed by atoms with Crippen molar-refractivity contribution >= 4 is 16.8 Å². The van der Waals surface area contributed by atoms with Crippen molar-refractivity contribution in [1.82, 2.24) is 24.6 Å². The van der Waals surface area contributed by atoms with Crippen molar-refractivity contribution in [1.29, 1.82) is 0 Å². The summed E-state index contributed by atoms with van der Waals surface area (Å²) in [4.78, 5) is 35.6. The summed E-state index contributed by atoms with van der Waals surface area (Å²) in [5.41, 5.74) is 0.429. The van der Waals surface area contributed by atoms with Gasteiger partial charge in [-0.2, -0.15) is 4.98 Å². The minimum atomic E-state index is -0.202. The normalized spacial score (nSPS) is 17.6. The Morgan fingerprint density at radius 2 is 2.19 bits per heavy atom. The standard InChI is InChI=1S/C18H19N5O3/c1-12-20-17(21-26-12)13-5-4-8-22(9-13)16(24)10-23-11-19-15-7-3-2-6-14(15)18(23)25/h2-3,6-7,11,13H,4-5,8-10H2,1H3/t13-/m1/s1. The first kappa shape index (κ1) is 16.4. The maximum absolute atomic E-state index is 12.7. The first-order chi connectivity index (χ1) is 12.6. The van der Waals surface area contributed by atoms with E-state index in [9.17, 15) is 9.59 Å². The van der Waals surface area contributed by atoms with Gasteiger partial charge in [0.1, 0.15) is 6.54 Å². The van der Waals surface area contributed by atoms with Crippen LogP contribution in [0.4, 0.5) is 0 Å². The Morgan fingerprint density at radius 3 is 3.00 bits per heavy atom. The number of fused-ring (bicyclic) bond motifs is 1. The summed E-state index contributed by atoms with van der Waals surface area (Å²) in [6, 6.07) is 7.13. The van der Waals surface area contributed by atoms with E-state index in [2.05, 4.69) is 15.1 Å². The van der Waals surface area contributed by atoms with E-state index in [0.717, 1.165) is 12.8 Å². The average molecular weight is 353 g/mol. The molecule has 0 aliphatic carbocycles. The van der Waals surface area contributed by atoms with Gasteiger partial charge in [-0.3, -0.25) is 14.2 Å². The summed E-state index contributed by atoms with van der Waals surface area (Å²) in [5.74, 6) is 1.13. The van der Waals surface area contributed by atoms with Gasteiger partial charge < -0.3 is 9.42 Å². The number of nitrogens with zero attached hydrogens (tertiary/aromatic N) is 5. The molecule has 26 heavy (non-hydrogen) atoms. The molecule has 0 unspecified atom stereocenters. The molecule has 0 spiro atoms. The van der Waals surface area contributed by atoms with Gasteiger partial charge in [0.05, 0.1) is 17.2 Å². The second-order valence-electron chi connectivity index (χ2n) is 6.55. The van der Waals surface area contributed by atoms with Crippen molar-refractivity contribution in [2.24, 2.45) is 0 Å². The number of aryl methyl sites for hydroxylation is 1. The van der Waals surface area contributed by atoms with Crippen LogP contribution in [0.15, 0.2) is 39.9 Å². The minimum Gasteiger partial charge on any atom is -0.340 e. The summed E-state index contributed by atoms with van der Waals surface area (Å²) >= 11 is 0. The molecule has 0 N–H and O–H groups in total. The molecule has 0 bridgehead atoms. The van der Waals surface area contributed by atoms with E-state index in [1.54, 1.807) is 30.0 Å². The number of carbonyl (C=O) groups excluding carboxylic acids is 1. The van der Waals surface area contributed by atoms with Crippen molar-refractivity contribution in [2.45, 2.75) is 32.2 Å². The largest absolute Gasteiger partial charge is 0.340 e. The fraction of sp³-hybridized carbons (Fsp3) is 0.389. The third-order valence-electron chi connectivity index (χ3n) is 4.72. The van der Waals surface area contributed by atoms with Gasteiger partial charge in [0, 0.05) is 25.9 Å². The molecule has 3 heterocycles. The Morgan fingerprint density at radius 1 is 1.35 bits per heavy atom. The van der Waals surface area contributed by atoms with Gasteiger partial charge in [-0.25, -0.2) is 4.98 Å². The zero-order chi connectivity index (χ0) is 18.1. The van der Waals surface area contributed by atoms with Crippen LogP contribution in [0, 0.1) is 6.92 Å². The molecular weight excluding hydrogens is 334 g/mol. The van der Waals surface area contributed by atoms with Crippen LogP contribution >= 0.6 is 0 Å². The average Bonchev–Trinajstić information content (AvgIpc) is 3.11. The van der Waals surface area contributed by atoms with Crippen LogP contribution in [0.5, 0.6) is 0 Å². The smallest absolute Gasteiger partial charge is 0.261 e. The number of rotatable bonds is 3. The van der Waals surface area contributed by atoms with Crippen LogP contribution in [-0.4, -0.2) is 43.6 Å². The van der Waals surface area contributed by atoms with Gasteiger partial charge in [-0.15, -0.1) is 0 Å². The lowest BCUT2D eigenvalue weighted by Gasteiger charge is -2.31. The molecule has 2 aromatic heterocycles. The highest BCUT2D eigenvalue weighted by molar-refractivity contribution is 5.79. The summed E-state index contributed by atoms with van der Waals surface area (Å²) in [6.45, 7) is 2.94. The number of para-hydroxylation sites is 1. The zero-order valence-electron chi connectivity index (χ0n) is 14.5. The highest BCUT2D eigenvalue weighted by atomic mass is 16.5. The van der Waals surface area contributed by atoms with E-state index in [4.69, 9.17) is 4.52 Å². The van der Waals surface area contributed by atoms with E-state index in [-0.39, 0.29) is 23.9 Å². The molecule has 134 valence electrons. The van der Waals surface area contributed by atoms with Crippen molar-refractivity contribution in [2.75, 3.05) is 13.1 Å². The van der Waals surface area contributed by atoms with Gasteiger partial charge in [-0.1, -0.05) is 17.3 Å². The SMILES string of the molecule is Cc1nc([C@@H]2CCCN(C(=O)Cn3cnc4ccccc4c3=O)C2)no1. The molecule has 1 aromatic carbocycles. The molecule has 1 saturated heterocycles. The van der Waals surface area contributed by atoms with Crippen molar-refractivity contribution in [3.63, 3.8) is 0 Å². The molecule has 3 aromatic rings. The van der Waals surface area contributed by atoms with E-state index in [1.807, 2.05) is 6.07 Å². The third kappa shape index (κ3) is 3.10. The minimum absolute atomic E-state index is 0.0192. The number of carbonyl (C=O) groups is 1. The van der Waals surface area contributed by atoms with Gasteiger partial charge >= 0.3 is 0 Å². The predicted octanol–water partition coefficient (Wildman–Crippen LogP) is 1.49. The number of hydrogen-bond donors (Lipinski definition) is 0. The molecule has 8 heteroatoms. The number of piperidine rings is 1. The predicted molar refractivity (Wildman–Crippen MR) is 93.6 cm³/mol. The van der Waals surface area contributed by atoms with E-state index >= 15 is 0 Å². The van der Waals surface area contributed by atoms with E-state index in [1.165, 1.54) is 10.9 Å². The summed E-state index contributed by atoms with van der Waals surface area (Å²) < 4.78 is 6.42. The van der Waals surface area contributed by atoms with Crippen LogP contribution in [0.1, 0.15) is 30.5 Å². The lowest BCUT2D eigenvalue weighted by molar-refractivity contribution is -0.133. The lowest BCUT2D eigenvalue weighted by Crippen LogP contribution is -2.42. The van der Waals surface area contributed by atoms with Crippen molar-refractivity contribution in [3.05, 3.63) is 52.7 Å². The molecule has 1 amide bonds. The molecule has 0 saturated carbocycles. The molecule has 1 aliphatic heterocycles. The molecule has 1 aliphatic rings. The van der Waals surface area contributed by atoms with Crippen LogP contribution in [0.25, 0.3) is 10.9 Å². The number of hydrogen-bond acceptors (Lipinski definition) is 6. The first-order valence-corrected chi connectivity index (χ1v) is 8.64. The summed E-state index contributed by atoms with van der Waals surface area (Å²) in [7, 11) is 0. The van der Waals surface area contributed by atoms with E-state index < -0.39 is 0 Å². The Labute approximate surface area is 149 Å². The van der Waals surface area contributed by atoms with Gasteiger partial charge in [0.25, 0.3) is 5.56 Å². The van der Waals surface area contributed by atoms with Gasteiger partial charge in [-0.05, 0) is 25.0 Å². The van der Waals surface area contributed by atoms with Crippen molar-refractivity contribution in [3.8, 4) is 0 Å². The van der Waals surface area contributed by atoms with Gasteiger partial charge in [0.2, 0.25) is 11.8 Å². The van der Waals surface area contributed by atoms with Crippen LogP contribution in [0.2, 0.25) is 0 Å². The quantitative estimate of drug-likeness (QED) is 0.708. The van der Waals surface area contributed by atoms with Crippen LogP contribution < -0.4 is 5.56 Å². The Hall–Kier alpha value is -3.03. The van der Waals surface area contributed by atoms with Crippen LogP contribution in [-0.2, 0) is 11.3 Å². The van der Waals surface area contributed by atoms with Crippen molar-refractivity contribution < 1.29 is 9.32 Å². The molecule has 8 nitrogen and oxygen atoms in total. The number of amides is 1. The monoisotopic (exact) mass is 353 g/mol. The Kier molecular flexibility index (Phi) is 4.24. The highest BCUT2D eigenvalue weighted by Gasteiger charge is 2.28. The maximum atomic E-state index is 12.7. The Balaban J connectivity index is 1.51. The first-order valence-electron chi connectivity index (χ1n) is 8.64. The van der Waals surface area contributed by atoms with E-state index in [0.29, 0.717) is 35.7 Å².